The number of aromatic nitrogens is 5. The second-order valence-electron chi connectivity index (χ2n) is 6.90. The molecule has 1 saturated heterocycles. The summed E-state index contributed by atoms with van der Waals surface area (Å²) in [5.74, 6) is 2.02. The van der Waals surface area contributed by atoms with Crippen molar-refractivity contribution in [3.05, 3.63) is 29.6 Å². The van der Waals surface area contributed by atoms with Gasteiger partial charge in [-0.1, -0.05) is 0 Å². The van der Waals surface area contributed by atoms with Crippen molar-refractivity contribution in [1.29, 1.82) is 0 Å². The fraction of sp³-hybridized carbons (Fsp3) is 0.688. The Morgan fingerprint density at radius 2 is 2.17 bits per heavy atom. The van der Waals surface area contributed by atoms with Crippen LogP contribution in [0.3, 0.4) is 0 Å². The van der Waals surface area contributed by atoms with Crippen LogP contribution >= 0.6 is 0 Å². The molecule has 130 valence electrons. The van der Waals surface area contributed by atoms with E-state index in [0.29, 0.717) is 6.54 Å². The molecule has 0 radical (unpaired) electrons. The molecular formula is C16H25N7O. The second-order valence-corrected chi connectivity index (χ2v) is 6.90. The van der Waals surface area contributed by atoms with Gasteiger partial charge in [0, 0.05) is 44.5 Å². The normalized spacial score (nSPS) is 25.3. The number of hydrogen-bond donors (Lipinski definition) is 1. The maximum Gasteiger partial charge on any atom is 0.150 e. The Hall–Kier alpha value is -1.77. The van der Waals surface area contributed by atoms with Crippen molar-refractivity contribution in [2.45, 2.75) is 51.7 Å². The summed E-state index contributed by atoms with van der Waals surface area (Å²) in [6.07, 6.45) is 4.40. The van der Waals surface area contributed by atoms with Gasteiger partial charge in [0.05, 0.1) is 24.9 Å². The molecular weight excluding hydrogens is 306 g/mol. The average molecular weight is 331 g/mol. The van der Waals surface area contributed by atoms with Crippen LogP contribution in [0.5, 0.6) is 0 Å². The highest BCUT2D eigenvalue weighted by molar-refractivity contribution is 5.10. The molecule has 8 heteroatoms. The van der Waals surface area contributed by atoms with Crippen molar-refractivity contribution in [1.82, 2.24) is 34.3 Å². The zero-order chi connectivity index (χ0) is 16.7. The molecule has 1 N–H and O–H groups in total. The van der Waals surface area contributed by atoms with Gasteiger partial charge >= 0.3 is 0 Å². The molecule has 0 saturated carbocycles. The van der Waals surface area contributed by atoms with Crippen LogP contribution in [0.1, 0.15) is 36.6 Å². The standard InChI is InChI=1S/C16H25N7O/c1-3-22-9-12(7-17-22)8-21-10-13(24)6-14(21)16-19-18-15-11-20(2)4-5-23(15)16/h7,9,13-14,24H,3-6,8,10-11H2,1-2H3/t13-,14-/m0/s1. The highest BCUT2D eigenvalue weighted by Crippen LogP contribution is 2.33. The molecule has 4 rings (SSSR count). The van der Waals surface area contributed by atoms with Gasteiger partial charge in [-0.25, -0.2) is 0 Å². The van der Waals surface area contributed by atoms with Crippen molar-refractivity contribution in [2.24, 2.45) is 0 Å². The van der Waals surface area contributed by atoms with E-state index in [1.54, 1.807) is 0 Å². The summed E-state index contributed by atoms with van der Waals surface area (Å²) in [6, 6.07) is 0.120. The molecule has 8 nitrogen and oxygen atoms in total. The van der Waals surface area contributed by atoms with Gasteiger partial charge in [0.1, 0.15) is 5.82 Å². The minimum atomic E-state index is -0.310. The first kappa shape index (κ1) is 15.7. The quantitative estimate of drug-likeness (QED) is 0.865. The van der Waals surface area contributed by atoms with Crippen molar-refractivity contribution in [3.63, 3.8) is 0 Å². The molecule has 2 aliphatic rings. The van der Waals surface area contributed by atoms with Crippen LogP contribution in [0.4, 0.5) is 0 Å². The molecule has 0 aromatic carbocycles. The molecule has 0 bridgehead atoms. The summed E-state index contributed by atoms with van der Waals surface area (Å²) in [6.45, 7) is 7.17. The van der Waals surface area contributed by atoms with Gasteiger partial charge in [-0.2, -0.15) is 5.10 Å². The molecule has 2 aromatic rings. The maximum atomic E-state index is 10.2. The summed E-state index contributed by atoms with van der Waals surface area (Å²) in [5, 5.41) is 23.4. The molecule has 0 spiro atoms. The third-order valence-electron chi connectivity index (χ3n) is 5.05. The largest absolute Gasteiger partial charge is 0.392 e. The number of β-amino-alcohol motifs (C(OH)–C–C–N with tert-alkyl or cyclic N) is 1. The number of hydrogen-bond acceptors (Lipinski definition) is 6. The summed E-state index contributed by atoms with van der Waals surface area (Å²) >= 11 is 0. The van der Waals surface area contributed by atoms with Gasteiger partial charge in [0.25, 0.3) is 0 Å². The molecule has 1 fully saturated rings. The van der Waals surface area contributed by atoms with E-state index in [9.17, 15) is 5.11 Å². The molecule has 0 amide bonds. The zero-order valence-corrected chi connectivity index (χ0v) is 14.3. The van der Waals surface area contributed by atoms with Crippen LogP contribution in [-0.2, 0) is 26.2 Å². The van der Waals surface area contributed by atoms with Gasteiger partial charge in [-0.15, -0.1) is 10.2 Å². The summed E-state index contributed by atoms with van der Waals surface area (Å²) in [5.41, 5.74) is 1.18. The third kappa shape index (κ3) is 2.85. The van der Waals surface area contributed by atoms with Crippen LogP contribution in [0.2, 0.25) is 0 Å². The van der Waals surface area contributed by atoms with Crippen LogP contribution in [0.25, 0.3) is 0 Å². The summed E-state index contributed by atoms with van der Waals surface area (Å²) in [7, 11) is 2.11. The van der Waals surface area contributed by atoms with E-state index in [1.165, 1.54) is 5.56 Å². The maximum absolute atomic E-state index is 10.2. The van der Waals surface area contributed by atoms with Crippen LogP contribution in [0.15, 0.2) is 12.4 Å². The lowest BCUT2D eigenvalue weighted by Crippen LogP contribution is -2.33. The average Bonchev–Trinajstić information content (AvgIpc) is 3.25. The minimum absolute atomic E-state index is 0.120. The van der Waals surface area contributed by atoms with E-state index < -0.39 is 0 Å². The molecule has 2 aliphatic heterocycles. The highest BCUT2D eigenvalue weighted by Gasteiger charge is 2.36. The summed E-state index contributed by atoms with van der Waals surface area (Å²) in [4.78, 5) is 4.56. The Morgan fingerprint density at radius 3 is 2.96 bits per heavy atom. The van der Waals surface area contributed by atoms with Crippen molar-refractivity contribution in [3.8, 4) is 0 Å². The number of aliphatic hydroxyl groups excluding tert-OH is 1. The van der Waals surface area contributed by atoms with Gasteiger partial charge in [0.2, 0.25) is 0 Å². The van der Waals surface area contributed by atoms with E-state index in [1.807, 2.05) is 10.9 Å². The number of likely N-dealkylation sites (N-methyl/N-ethyl adjacent to an activating group) is 1. The van der Waals surface area contributed by atoms with Crippen molar-refractivity contribution < 1.29 is 5.11 Å². The van der Waals surface area contributed by atoms with E-state index in [0.717, 1.165) is 50.8 Å². The van der Waals surface area contributed by atoms with E-state index in [2.05, 4.69) is 49.8 Å². The fourth-order valence-corrected chi connectivity index (χ4v) is 3.77. The first-order chi connectivity index (χ1) is 11.6. The lowest BCUT2D eigenvalue weighted by atomic mass is 10.1. The van der Waals surface area contributed by atoms with Gasteiger partial charge < -0.3 is 9.67 Å². The number of aliphatic hydroxyl groups is 1. The Balaban J connectivity index is 1.57. The lowest BCUT2D eigenvalue weighted by molar-refractivity contribution is 0.171. The number of fused-ring (bicyclic) bond motifs is 1. The molecule has 24 heavy (non-hydrogen) atoms. The van der Waals surface area contributed by atoms with Crippen LogP contribution < -0.4 is 0 Å². The SMILES string of the molecule is CCn1cc(CN2C[C@@H](O)C[C@H]2c2nnc3n2CCN(C)C3)cn1. The predicted molar refractivity (Wildman–Crippen MR) is 88.0 cm³/mol. The number of rotatable bonds is 4. The minimum Gasteiger partial charge on any atom is -0.392 e. The van der Waals surface area contributed by atoms with E-state index >= 15 is 0 Å². The van der Waals surface area contributed by atoms with Gasteiger partial charge in [-0.3, -0.25) is 14.5 Å². The predicted octanol–water partition coefficient (Wildman–Crippen LogP) is 0.248. The number of nitrogens with zero attached hydrogens (tertiary/aromatic N) is 7. The molecule has 0 unspecified atom stereocenters. The second kappa shape index (κ2) is 6.27. The monoisotopic (exact) mass is 331 g/mol. The van der Waals surface area contributed by atoms with E-state index in [-0.39, 0.29) is 12.1 Å². The Kier molecular flexibility index (Phi) is 4.11. The number of aryl methyl sites for hydroxylation is 1. The Bertz CT molecular complexity index is 709. The topological polar surface area (TPSA) is 75.2 Å². The van der Waals surface area contributed by atoms with Crippen molar-refractivity contribution in [2.75, 3.05) is 20.1 Å². The molecule has 2 atom stereocenters. The third-order valence-corrected chi connectivity index (χ3v) is 5.05. The Morgan fingerprint density at radius 1 is 1.29 bits per heavy atom. The lowest BCUT2D eigenvalue weighted by Gasteiger charge is -2.27. The van der Waals surface area contributed by atoms with Crippen LogP contribution in [0, 0.1) is 0 Å². The van der Waals surface area contributed by atoms with Gasteiger partial charge in [-0.05, 0) is 20.4 Å². The fourth-order valence-electron chi connectivity index (χ4n) is 3.77. The molecule has 0 aliphatic carbocycles. The van der Waals surface area contributed by atoms with Crippen LogP contribution in [-0.4, -0.2) is 65.7 Å². The first-order valence-electron chi connectivity index (χ1n) is 8.68. The zero-order valence-electron chi connectivity index (χ0n) is 14.3. The van der Waals surface area contributed by atoms with Crippen molar-refractivity contribution >= 4 is 0 Å². The molecule has 4 heterocycles. The highest BCUT2D eigenvalue weighted by atomic mass is 16.3. The number of likely N-dealkylation sites (tertiary alicyclic amines) is 1. The molecule has 2 aromatic heterocycles. The Labute approximate surface area is 141 Å². The first-order valence-corrected chi connectivity index (χ1v) is 8.68. The summed E-state index contributed by atoms with van der Waals surface area (Å²) < 4.78 is 4.18. The van der Waals surface area contributed by atoms with Gasteiger partial charge in [0.15, 0.2) is 5.82 Å². The smallest absolute Gasteiger partial charge is 0.150 e. The van der Waals surface area contributed by atoms with E-state index in [4.69, 9.17) is 0 Å².